The van der Waals surface area contributed by atoms with Gasteiger partial charge in [-0.2, -0.15) is 0 Å². The van der Waals surface area contributed by atoms with Gasteiger partial charge in [-0.05, 0) is 25.7 Å². The molecule has 1 rings (SSSR count). The first-order chi connectivity index (χ1) is 8.09. The molecule has 102 valence electrons. The number of hydrogen-bond donors (Lipinski definition) is 2. The number of aliphatic hydroxyl groups excluding tert-OH is 1. The van der Waals surface area contributed by atoms with Crippen molar-refractivity contribution in [3.8, 4) is 0 Å². The van der Waals surface area contributed by atoms with Gasteiger partial charge in [-0.25, -0.2) is 0 Å². The van der Waals surface area contributed by atoms with Crippen LogP contribution in [0, 0.1) is 5.92 Å². The lowest BCUT2D eigenvalue weighted by Crippen LogP contribution is -2.26. The summed E-state index contributed by atoms with van der Waals surface area (Å²) in [6.07, 6.45) is 6.20. The zero-order valence-corrected chi connectivity index (χ0v) is 11.7. The minimum Gasteiger partial charge on any atom is -0.391 e. The summed E-state index contributed by atoms with van der Waals surface area (Å²) >= 11 is 0. The third-order valence-corrected chi connectivity index (χ3v) is 6.17. The number of rotatable bonds is 7. The van der Waals surface area contributed by atoms with Gasteiger partial charge in [0.15, 0.2) is 0 Å². The maximum Gasteiger partial charge on any atom is 0.206 e. The van der Waals surface area contributed by atoms with E-state index in [1.807, 2.05) is 6.92 Å². The van der Waals surface area contributed by atoms with Crippen molar-refractivity contribution >= 4 is 7.37 Å². The van der Waals surface area contributed by atoms with E-state index in [-0.39, 0.29) is 12.7 Å². The van der Waals surface area contributed by atoms with E-state index in [1.54, 1.807) is 0 Å². The molecule has 4 nitrogen and oxygen atoms in total. The molecule has 1 unspecified atom stereocenters. The van der Waals surface area contributed by atoms with Crippen molar-refractivity contribution in [2.24, 2.45) is 11.7 Å². The molecule has 0 aliphatic heterocycles. The molecular formula is C12H26NO3P. The molecule has 0 radical (unpaired) electrons. The monoisotopic (exact) mass is 263 g/mol. The van der Waals surface area contributed by atoms with E-state index in [4.69, 9.17) is 10.3 Å². The smallest absolute Gasteiger partial charge is 0.206 e. The highest BCUT2D eigenvalue weighted by atomic mass is 31.2. The maximum atomic E-state index is 12.6. The Labute approximate surface area is 104 Å². The summed E-state index contributed by atoms with van der Waals surface area (Å²) in [4.78, 5) is 0. The van der Waals surface area contributed by atoms with Crippen LogP contribution in [0.1, 0.15) is 39.0 Å². The SMILES string of the molecule is CCOP(=O)(CC1CCCCC1)C[C@H](O)CN. The zero-order valence-electron chi connectivity index (χ0n) is 10.8. The highest BCUT2D eigenvalue weighted by Gasteiger charge is 2.30. The zero-order chi connectivity index (χ0) is 12.7. The average Bonchev–Trinajstić information content (AvgIpc) is 2.30. The Morgan fingerprint density at radius 1 is 1.41 bits per heavy atom. The van der Waals surface area contributed by atoms with E-state index in [0.29, 0.717) is 18.7 Å². The van der Waals surface area contributed by atoms with Crippen LogP contribution in [0.4, 0.5) is 0 Å². The predicted octanol–water partition coefficient (Wildman–Crippen LogP) is 2.20. The molecule has 1 aliphatic rings. The Kier molecular flexibility index (Phi) is 6.71. The van der Waals surface area contributed by atoms with E-state index in [2.05, 4.69) is 0 Å². The second-order valence-corrected chi connectivity index (χ2v) is 7.61. The standard InChI is InChI=1S/C12H26NO3P/c1-2-16-17(15,10-12(14)8-13)9-11-6-4-3-5-7-11/h11-12,14H,2-10,13H2,1H3/t12-,17?/m1/s1. The van der Waals surface area contributed by atoms with Gasteiger partial charge in [0.25, 0.3) is 0 Å². The number of hydrogen-bond acceptors (Lipinski definition) is 4. The Bertz CT molecular complexity index is 254. The van der Waals surface area contributed by atoms with Crippen molar-refractivity contribution in [1.82, 2.24) is 0 Å². The van der Waals surface area contributed by atoms with Crippen molar-refractivity contribution in [2.75, 3.05) is 25.5 Å². The van der Waals surface area contributed by atoms with Crippen molar-refractivity contribution in [1.29, 1.82) is 0 Å². The van der Waals surface area contributed by atoms with Gasteiger partial charge in [-0.1, -0.05) is 19.3 Å². The van der Waals surface area contributed by atoms with E-state index in [1.165, 1.54) is 19.3 Å². The number of nitrogens with two attached hydrogens (primary N) is 1. The summed E-state index contributed by atoms with van der Waals surface area (Å²) < 4.78 is 18.1. The molecule has 1 aliphatic carbocycles. The molecule has 0 heterocycles. The third-order valence-electron chi connectivity index (χ3n) is 3.39. The lowest BCUT2D eigenvalue weighted by atomic mass is 9.91. The first-order valence-corrected chi connectivity index (χ1v) is 8.70. The van der Waals surface area contributed by atoms with Gasteiger partial charge in [0.05, 0.1) is 18.9 Å². The highest BCUT2D eigenvalue weighted by Crippen LogP contribution is 2.50. The molecule has 0 aromatic carbocycles. The molecule has 3 N–H and O–H groups in total. The average molecular weight is 263 g/mol. The molecule has 0 aromatic heterocycles. The van der Waals surface area contributed by atoms with Gasteiger partial charge in [0, 0.05) is 12.7 Å². The lowest BCUT2D eigenvalue weighted by molar-refractivity contribution is 0.197. The van der Waals surface area contributed by atoms with Crippen molar-refractivity contribution in [3.05, 3.63) is 0 Å². The summed E-state index contributed by atoms with van der Waals surface area (Å²) in [5, 5.41) is 9.57. The highest BCUT2D eigenvalue weighted by molar-refractivity contribution is 7.59. The van der Waals surface area contributed by atoms with Gasteiger partial charge in [-0.15, -0.1) is 0 Å². The van der Waals surface area contributed by atoms with Gasteiger partial charge < -0.3 is 15.4 Å². The molecule has 1 fully saturated rings. The second kappa shape index (κ2) is 7.52. The van der Waals surface area contributed by atoms with Crippen LogP contribution in [0.3, 0.4) is 0 Å². The summed E-state index contributed by atoms with van der Waals surface area (Å²) in [5.74, 6) is 0.506. The molecule has 0 bridgehead atoms. The fourth-order valence-corrected chi connectivity index (χ4v) is 5.35. The van der Waals surface area contributed by atoms with Crippen LogP contribution < -0.4 is 5.73 Å². The molecule has 0 amide bonds. The Morgan fingerprint density at radius 3 is 2.59 bits per heavy atom. The largest absolute Gasteiger partial charge is 0.391 e. The maximum absolute atomic E-state index is 12.6. The third kappa shape index (κ3) is 5.52. The second-order valence-electron chi connectivity index (χ2n) is 4.99. The van der Waals surface area contributed by atoms with E-state index >= 15 is 0 Å². The van der Waals surface area contributed by atoms with E-state index in [9.17, 15) is 9.67 Å². The summed E-state index contributed by atoms with van der Waals surface area (Å²) in [6.45, 7) is 2.45. The van der Waals surface area contributed by atoms with Crippen LogP contribution in [0.25, 0.3) is 0 Å². The fraction of sp³-hybridized carbons (Fsp3) is 1.00. The minimum absolute atomic E-state index is 0.154. The normalized spacial score (nSPS) is 23.2. The quantitative estimate of drug-likeness (QED) is 0.691. The van der Waals surface area contributed by atoms with Gasteiger partial charge in [0.2, 0.25) is 7.37 Å². The van der Waals surface area contributed by atoms with Crippen LogP contribution >= 0.6 is 7.37 Å². The summed E-state index contributed by atoms with van der Waals surface area (Å²) in [6, 6.07) is 0. The van der Waals surface area contributed by atoms with Gasteiger partial charge in [-0.3, -0.25) is 4.57 Å². The molecule has 1 saturated carbocycles. The molecule has 17 heavy (non-hydrogen) atoms. The first kappa shape index (κ1) is 15.2. The molecule has 0 saturated heterocycles. The lowest BCUT2D eigenvalue weighted by Gasteiger charge is -2.27. The molecule has 0 aromatic rings. The van der Waals surface area contributed by atoms with E-state index < -0.39 is 13.5 Å². The molecule has 0 spiro atoms. The van der Waals surface area contributed by atoms with Crippen molar-refractivity contribution in [2.45, 2.75) is 45.1 Å². The topological polar surface area (TPSA) is 72.5 Å². The Balaban J connectivity index is 2.53. The Hall–Kier alpha value is 0.110. The van der Waals surface area contributed by atoms with Crippen LogP contribution in [-0.4, -0.2) is 36.7 Å². The predicted molar refractivity (Wildman–Crippen MR) is 70.6 cm³/mol. The van der Waals surface area contributed by atoms with Gasteiger partial charge in [0.1, 0.15) is 0 Å². The van der Waals surface area contributed by atoms with Crippen LogP contribution in [0.5, 0.6) is 0 Å². The van der Waals surface area contributed by atoms with Crippen molar-refractivity contribution < 1.29 is 14.2 Å². The van der Waals surface area contributed by atoms with E-state index in [0.717, 1.165) is 12.8 Å². The number of aliphatic hydroxyl groups is 1. The van der Waals surface area contributed by atoms with Gasteiger partial charge >= 0.3 is 0 Å². The summed E-state index contributed by atoms with van der Waals surface area (Å²) in [5.41, 5.74) is 5.38. The fourth-order valence-electron chi connectivity index (χ4n) is 2.57. The minimum atomic E-state index is -2.69. The van der Waals surface area contributed by atoms with Crippen LogP contribution in [0.2, 0.25) is 0 Å². The van der Waals surface area contributed by atoms with Crippen LogP contribution in [0.15, 0.2) is 0 Å². The molecular weight excluding hydrogens is 237 g/mol. The first-order valence-electron chi connectivity index (χ1n) is 6.70. The Morgan fingerprint density at radius 2 is 2.06 bits per heavy atom. The molecule has 2 atom stereocenters. The summed E-state index contributed by atoms with van der Waals surface area (Å²) in [7, 11) is -2.69. The molecule has 5 heteroatoms. The van der Waals surface area contributed by atoms with Crippen LogP contribution in [-0.2, 0) is 9.09 Å². The van der Waals surface area contributed by atoms with Crippen molar-refractivity contribution in [3.63, 3.8) is 0 Å².